The highest BCUT2D eigenvalue weighted by Crippen LogP contribution is 2.31. The number of amides is 2. The van der Waals surface area contributed by atoms with Gasteiger partial charge >= 0.3 is 0 Å². The maximum Gasteiger partial charge on any atom is 0.254 e. The molecule has 0 spiro atoms. The zero-order valence-corrected chi connectivity index (χ0v) is 16.7. The molecule has 1 N–H and O–H groups in total. The smallest absolute Gasteiger partial charge is 0.254 e. The van der Waals surface area contributed by atoms with Crippen LogP contribution < -0.4 is 5.32 Å². The van der Waals surface area contributed by atoms with Gasteiger partial charge in [0, 0.05) is 55.1 Å². The van der Waals surface area contributed by atoms with E-state index in [1.807, 2.05) is 23.3 Å². The molecule has 4 heterocycles. The Bertz CT molecular complexity index is 1030. The number of thiophene rings is 1. The minimum Gasteiger partial charge on any atom is -0.354 e. The molecule has 0 unspecified atom stereocenters. The molecule has 28 heavy (non-hydrogen) atoms. The number of hydrogen-bond acceptors (Lipinski definition) is 6. The van der Waals surface area contributed by atoms with Crippen LogP contribution in [0.5, 0.6) is 0 Å². The number of aromatic nitrogens is 4. The van der Waals surface area contributed by atoms with Gasteiger partial charge in [-0.25, -0.2) is 14.6 Å². The number of fused-ring (bicyclic) bond motifs is 1. The fraction of sp³-hybridized carbons (Fsp3) is 0.421. The topological polar surface area (TPSA) is 93.0 Å². The van der Waals surface area contributed by atoms with Crippen LogP contribution in [-0.4, -0.2) is 56.1 Å². The third-order valence-corrected chi connectivity index (χ3v) is 5.79. The first-order valence-corrected chi connectivity index (χ1v) is 10.2. The first-order valence-electron chi connectivity index (χ1n) is 9.29. The van der Waals surface area contributed by atoms with Gasteiger partial charge in [-0.15, -0.1) is 11.3 Å². The summed E-state index contributed by atoms with van der Waals surface area (Å²) in [6.45, 7) is 5.84. The molecule has 1 aliphatic rings. The van der Waals surface area contributed by atoms with Gasteiger partial charge in [-0.05, 0) is 19.4 Å². The molecule has 1 saturated heterocycles. The molecule has 0 aliphatic carbocycles. The van der Waals surface area contributed by atoms with E-state index in [0.29, 0.717) is 31.8 Å². The lowest BCUT2D eigenvalue weighted by Gasteiger charge is -2.15. The zero-order valence-electron chi connectivity index (χ0n) is 15.9. The Morgan fingerprint density at radius 2 is 2.14 bits per heavy atom. The lowest BCUT2D eigenvalue weighted by atomic mass is 10.0. The Balaban J connectivity index is 1.54. The Kier molecular flexibility index (Phi) is 5.08. The number of aryl methyl sites for hydroxylation is 1. The van der Waals surface area contributed by atoms with Gasteiger partial charge < -0.3 is 10.2 Å². The fourth-order valence-electron chi connectivity index (χ4n) is 3.60. The number of carbonyl (C=O) groups excluding carboxylic acids is 2. The average Bonchev–Trinajstić information content (AvgIpc) is 3.39. The third-order valence-electron chi connectivity index (χ3n) is 4.93. The van der Waals surface area contributed by atoms with Crippen molar-refractivity contribution in [3.8, 4) is 0 Å². The van der Waals surface area contributed by atoms with E-state index in [-0.39, 0.29) is 17.7 Å². The minimum absolute atomic E-state index is 0.0728. The molecule has 146 valence electrons. The third kappa shape index (κ3) is 3.62. The SMILES string of the molecule is CC(=O)NCCn1nc([C@H]2CCN(C(=O)c3csc(C)c3)C2)c2nccnc21. The molecule has 0 radical (unpaired) electrons. The van der Waals surface area contributed by atoms with Crippen LogP contribution in [0.3, 0.4) is 0 Å². The van der Waals surface area contributed by atoms with Gasteiger partial charge in [0.05, 0.1) is 17.8 Å². The molecule has 0 saturated carbocycles. The van der Waals surface area contributed by atoms with Crippen LogP contribution in [0.4, 0.5) is 0 Å². The molecule has 9 heteroatoms. The highest BCUT2D eigenvalue weighted by Gasteiger charge is 2.32. The summed E-state index contributed by atoms with van der Waals surface area (Å²) in [4.78, 5) is 35.8. The van der Waals surface area contributed by atoms with E-state index in [1.165, 1.54) is 6.92 Å². The predicted octanol–water partition coefficient (Wildman–Crippen LogP) is 1.96. The number of nitrogens with one attached hydrogen (secondary N) is 1. The molecule has 1 fully saturated rings. The van der Waals surface area contributed by atoms with Crippen LogP contribution in [0.25, 0.3) is 11.2 Å². The largest absolute Gasteiger partial charge is 0.354 e. The highest BCUT2D eigenvalue weighted by molar-refractivity contribution is 7.10. The fourth-order valence-corrected chi connectivity index (χ4v) is 4.28. The molecule has 8 nitrogen and oxygen atoms in total. The normalized spacial score (nSPS) is 16.6. The molecular formula is C19H22N6O2S. The molecular weight excluding hydrogens is 376 g/mol. The lowest BCUT2D eigenvalue weighted by Crippen LogP contribution is -2.28. The van der Waals surface area contributed by atoms with Crippen LogP contribution in [-0.2, 0) is 11.3 Å². The monoisotopic (exact) mass is 398 g/mol. The van der Waals surface area contributed by atoms with Crippen molar-refractivity contribution in [2.45, 2.75) is 32.7 Å². The van der Waals surface area contributed by atoms with Crippen LogP contribution in [0, 0.1) is 6.92 Å². The Morgan fingerprint density at radius 3 is 2.89 bits per heavy atom. The zero-order chi connectivity index (χ0) is 19.7. The number of nitrogens with zero attached hydrogens (tertiary/aromatic N) is 5. The first kappa shape index (κ1) is 18.5. The van der Waals surface area contributed by atoms with Gasteiger partial charge in [0.25, 0.3) is 5.91 Å². The van der Waals surface area contributed by atoms with Crippen molar-refractivity contribution < 1.29 is 9.59 Å². The summed E-state index contributed by atoms with van der Waals surface area (Å²) in [7, 11) is 0. The van der Waals surface area contributed by atoms with Gasteiger partial charge in [-0.1, -0.05) is 0 Å². The number of likely N-dealkylation sites (tertiary alicyclic amines) is 1. The van der Waals surface area contributed by atoms with Gasteiger partial charge in [0.15, 0.2) is 5.65 Å². The van der Waals surface area contributed by atoms with E-state index in [1.54, 1.807) is 28.4 Å². The standard InChI is InChI=1S/C19H22N6O2S/c1-12-9-15(11-28-12)19(27)24-7-3-14(10-24)16-17-18(22-5-4-21-17)25(23-16)8-6-20-13(2)26/h4-5,9,11,14H,3,6-8,10H2,1-2H3,(H,20,26)/t14-/m0/s1. The number of hydrogen-bond donors (Lipinski definition) is 1. The Morgan fingerprint density at radius 1 is 1.32 bits per heavy atom. The number of carbonyl (C=O) groups is 2. The molecule has 0 aromatic carbocycles. The summed E-state index contributed by atoms with van der Waals surface area (Å²) < 4.78 is 1.79. The molecule has 3 aromatic heterocycles. The summed E-state index contributed by atoms with van der Waals surface area (Å²) in [5.41, 5.74) is 3.12. The van der Waals surface area contributed by atoms with Gasteiger partial charge in [0.1, 0.15) is 5.52 Å². The first-order chi connectivity index (χ1) is 13.5. The molecule has 1 atom stereocenters. The Labute approximate surface area is 166 Å². The van der Waals surface area contributed by atoms with Crippen LogP contribution >= 0.6 is 11.3 Å². The van der Waals surface area contributed by atoms with Crippen molar-refractivity contribution >= 4 is 34.3 Å². The molecule has 2 amide bonds. The van der Waals surface area contributed by atoms with Crippen LogP contribution in [0.15, 0.2) is 23.8 Å². The summed E-state index contributed by atoms with van der Waals surface area (Å²) in [5, 5.41) is 9.44. The molecule has 1 aliphatic heterocycles. The number of rotatable bonds is 5. The van der Waals surface area contributed by atoms with Crippen molar-refractivity contribution in [3.05, 3.63) is 40.0 Å². The summed E-state index contributed by atoms with van der Waals surface area (Å²) in [6, 6.07) is 1.94. The average molecular weight is 398 g/mol. The van der Waals surface area contributed by atoms with Crippen molar-refractivity contribution in [1.82, 2.24) is 30.0 Å². The maximum atomic E-state index is 12.7. The van der Waals surface area contributed by atoms with Crippen LogP contribution in [0.1, 0.15) is 40.2 Å². The predicted molar refractivity (Wildman–Crippen MR) is 106 cm³/mol. The van der Waals surface area contributed by atoms with Crippen molar-refractivity contribution in [3.63, 3.8) is 0 Å². The van der Waals surface area contributed by atoms with Gasteiger partial charge in [-0.2, -0.15) is 5.10 Å². The quantitative estimate of drug-likeness (QED) is 0.709. The van der Waals surface area contributed by atoms with E-state index in [4.69, 9.17) is 5.10 Å². The van der Waals surface area contributed by atoms with E-state index < -0.39 is 0 Å². The summed E-state index contributed by atoms with van der Waals surface area (Å²) in [6.07, 6.45) is 4.16. The van der Waals surface area contributed by atoms with E-state index >= 15 is 0 Å². The minimum atomic E-state index is -0.0728. The van der Waals surface area contributed by atoms with Crippen molar-refractivity contribution in [1.29, 1.82) is 0 Å². The second-order valence-corrected chi connectivity index (χ2v) is 8.12. The second-order valence-electron chi connectivity index (χ2n) is 7.00. The van der Waals surface area contributed by atoms with Crippen LogP contribution in [0.2, 0.25) is 0 Å². The van der Waals surface area contributed by atoms with E-state index in [0.717, 1.165) is 28.1 Å². The maximum absolute atomic E-state index is 12.7. The van der Waals surface area contributed by atoms with E-state index in [9.17, 15) is 9.59 Å². The molecule has 4 rings (SSSR count). The van der Waals surface area contributed by atoms with Gasteiger partial charge in [0.2, 0.25) is 5.91 Å². The van der Waals surface area contributed by atoms with Crippen molar-refractivity contribution in [2.75, 3.05) is 19.6 Å². The van der Waals surface area contributed by atoms with Crippen molar-refractivity contribution in [2.24, 2.45) is 0 Å². The van der Waals surface area contributed by atoms with Gasteiger partial charge in [-0.3, -0.25) is 9.59 Å². The van der Waals surface area contributed by atoms with E-state index in [2.05, 4.69) is 15.3 Å². The highest BCUT2D eigenvalue weighted by atomic mass is 32.1. The summed E-state index contributed by atoms with van der Waals surface area (Å²) >= 11 is 1.59. The molecule has 0 bridgehead atoms. The summed E-state index contributed by atoms with van der Waals surface area (Å²) in [5.74, 6) is 0.133. The second kappa shape index (κ2) is 7.67. The Hall–Kier alpha value is -2.81. The lowest BCUT2D eigenvalue weighted by molar-refractivity contribution is -0.118. The molecule has 3 aromatic rings.